The molecule has 0 bridgehead atoms. The molecule has 0 radical (unpaired) electrons. The van der Waals surface area contributed by atoms with E-state index in [2.05, 4.69) is 5.32 Å². The molecule has 0 unspecified atom stereocenters. The summed E-state index contributed by atoms with van der Waals surface area (Å²) in [6, 6.07) is 0. The quantitative estimate of drug-likeness (QED) is 0.449. The number of nitrogens with one attached hydrogen (secondary N) is 1. The third kappa shape index (κ3) is 8.72. The SMILES string of the molecule is CCCOCCC(=O)N[CH2][Hg][C](C)(C)C(C)=O. The third-order valence-electron chi connectivity index (χ3n) is 2.85. The minimum absolute atomic E-state index is 0.0421. The summed E-state index contributed by atoms with van der Waals surface area (Å²) >= 11 is -1.37. The zero-order valence-electron chi connectivity index (χ0n) is 11.5. The van der Waals surface area contributed by atoms with Gasteiger partial charge in [-0.2, -0.15) is 0 Å². The van der Waals surface area contributed by atoms with E-state index in [4.69, 9.17) is 4.74 Å². The molecule has 0 spiro atoms. The summed E-state index contributed by atoms with van der Waals surface area (Å²) in [5.74, 6) is 0.292. The Hall–Kier alpha value is 0.0351. The molecule has 0 atom stereocenters. The second kappa shape index (κ2) is 9.03. The van der Waals surface area contributed by atoms with Gasteiger partial charge in [0, 0.05) is 0 Å². The van der Waals surface area contributed by atoms with E-state index in [0.717, 1.165) is 10.5 Å². The number of carbonyl (C=O) groups is 2. The molecule has 4 nitrogen and oxygen atoms in total. The van der Waals surface area contributed by atoms with Crippen molar-refractivity contribution in [2.75, 3.05) is 17.3 Å². The first-order valence-electron chi connectivity index (χ1n) is 6.25. The molecule has 0 fully saturated rings. The van der Waals surface area contributed by atoms with Gasteiger partial charge in [-0.25, -0.2) is 0 Å². The topological polar surface area (TPSA) is 55.4 Å². The average Bonchev–Trinajstić information content (AvgIpc) is 2.24. The summed E-state index contributed by atoms with van der Waals surface area (Å²) in [6.07, 6.45) is 1.40. The van der Waals surface area contributed by atoms with E-state index < -0.39 is 24.6 Å². The van der Waals surface area contributed by atoms with Gasteiger partial charge in [0.05, 0.1) is 0 Å². The predicted molar refractivity (Wildman–Crippen MR) is 63.5 cm³/mol. The Labute approximate surface area is 116 Å². The van der Waals surface area contributed by atoms with Crippen molar-refractivity contribution in [2.24, 2.45) is 0 Å². The molecule has 0 aliphatic heterocycles. The Morgan fingerprint density at radius 3 is 2.47 bits per heavy atom. The summed E-state index contributed by atoms with van der Waals surface area (Å²) < 4.78 is 5.87. The number of Topliss-reactive ketones (excluding diaryl/α,β-unsaturated/α-hetero) is 1. The van der Waals surface area contributed by atoms with Crippen LogP contribution in [0.4, 0.5) is 0 Å². The molecular formula is C12H23HgNO3. The monoisotopic (exact) mass is 431 g/mol. The summed E-state index contributed by atoms with van der Waals surface area (Å²) in [5, 5.41) is 2.90. The van der Waals surface area contributed by atoms with Gasteiger partial charge >= 0.3 is 117 Å². The molecule has 5 heteroatoms. The predicted octanol–water partition coefficient (Wildman–Crippen LogP) is 1.75. The van der Waals surface area contributed by atoms with E-state index >= 15 is 0 Å². The maximum absolute atomic E-state index is 11.4. The molecule has 1 amide bonds. The van der Waals surface area contributed by atoms with Gasteiger partial charge in [0.2, 0.25) is 0 Å². The molecule has 0 rings (SSSR count). The van der Waals surface area contributed by atoms with Crippen molar-refractivity contribution in [2.45, 2.75) is 43.5 Å². The Bertz CT molecular complexity index is 254. The number of hydrogen-bond acceptors (Lipinski definition) is 3. The minimum atomic E-state index is -1.37. The van der Waals surface area contributed by atoms with Crippen LogP contribution < -0.4 is 5.32 Å². The summed E-state index contributed by atoms with van der Waals surface area (Å²) in [5.41, 5.74) is 0. The third-order valence-corrected chi connectivity index (χ3v) is 11.6. The molecule has 17 heavy (non-hydrogen) atoms. The van der Waals surface area contributed by atoms with Crippen LogP contribution in [0.3, 0.4) is 0 Å². The molecule has 0 saturated heterocycles. The van der Waals surface area contributed by atoms with E-state index in [9.17, 15) is 9.59 Å². The standard InChI is InChI=1S/C7H14NO2.C5H9O.Hg/c1-3-5-10-6-4-7(9)8-2;1-4(2)5(3)6;/h2-6H2,1H3,(H,8,9);1-3H3;. The van der Waals surface area contributed by atoms with Gasteiger partial charge in [0.25, 0.3) is 0 Å². The van der Waals surface area contributed by atoms with Crippen LogP contribution in [0.5, 0.6) is 0 Å². The fourth-order valence-corrected chi connectivity index (χ4v) is 6.56. The van der Waals surface area contributed by atoms with Crippen LogP contribution in [0.15, 0.2) is 0 Å². The molecule has 0 saturated carbocycles. The van der Waals surface area contributed by atoms with Gasteiger partial charge in [-0.15, -0.1) is 0 Å². The number of amides is 1. The molecule has 0 aromatic rings. The first-order chi connectivity index (χ1) is 7.90. The second-order valence-corrected chi connectivity index (χ2v) is 15.7. The molecule has 1 N–H and O–H groups in total. The Kier molecular flexibility index (Phi) is 9.05. The fourth-order valence-electron chi connectivity index (χ4n) is 1.19. The molecule has 0 aliphatic carbocycles. The van der Waals surface area contributed by atoms with E-state index in [1.54, 1.807) is 6.92 Å². The zero-order chi connectivity index (χ0) is 13.3. The van der Waals surface area contributed by atoms with Crippen molar-refractivity contribution in [3.8, 4) is 0 Å². The first kappa shape index (κ1) is 17.0. The second-order valence-electron chi connectivity index (χ2n) is 4.90. The van der Waals surface area contributed by atoms with Gasteiger partial charge in [-0.3, -0.25) is 0 Å². The van der Waals surface area contributed by atoms with Crippen molar-refractivity contribution in [3.63, 3.8) is 0 Å². The Morgan fingerprint density at radius 2 is 1.94 bits per heavy atom. The molecular weight excluding hydrogens is 407 g/mol. The van der Waals surface area contributed by atoms with Gasteiger partial charge in [0.1, 0.15) is 0 Å². The maximum atomic E-state index is 11.4. The Morgan fingerprint density at radius 1 is 1.29 bits per heavy atom. The van der Waals surface area contributed by atoms with E-state index in [-0.39, 0.29) is 14.6 Å². The number of hydrogen-bond donors (Lipinski definition) is 1. The molecule has 0 aromatic carbocycles. The fraction of sp³-hybridized carbons (Fsp3) is 0.833. The summed E-state index contributed by atoms with van der Waals surface area (Å²) in [7, 11) is 0. The zero-order valence-corrected chi connectivity index (χ0v) is 17.0. The molecule has 0 heterocycles. The van der Waals surface area contributed by atoms with Crippen LogP contribution in [0.2, 0.25) is 2.92 Å². The van der Waals surface area contributed by atoms with Gasteiger partial charge in [0.15, 0.2) is 0 Å². The average molecular weight is 430 g/mol. The van der Waals surface area contributed by atoms with E-state index in [1.165, 1.54) is 0 Å². The first-order valence-corrected chi connectivity index (χ1v) is 12.9. The van der Waals surface area contributed by atoms with E-state index in [1.807, 2.05) is 20.8 Å². The van der Waals surface area contributed by atoms with Crippen LogP contribution >= 0.6 is 0 Å². The summed E-state index contributed by atoms with van der Waals surface area (Å²) in [4.78, 5) is 22.7. The number of ketones is 1. The molecule has 0 aromatic heterocycles. The molecule has 96 valence electrons. The Balaban J connectivity index is 3.61. The normalized spacial score (nSPS) is 10.8. The summed E-state index contributed by atoms with van der Waals surface area (Å²) in [6.45, 7) is 8.87. The number of ether oxygens (including phenoxy) is 1. The van der Waals surface area contributed by atoms with Crippen LogP contribution in [0, 0.1) is 0 Å². The van der Waals surface area contributed by atoms with Crippen LogP contribution in [0.1, 0.15) is 40.5 Å². The van der Waals surface area contributed by atoms with Crippen molar-refractivity contribution >= 4 is 11.7 Å². The van der Waals surface area contributed by atoms with Crippen molar-refractivity contribution in [3.05, 3.63) is 0 Å². The van der Waals surface area contributed by atoms with Crippen molar-refractivity contribution in [1.29, 1.82) is 0 Å². The van der Waals surface area contributed by atoms with Crippen molar-refractivity contribution < 1.29 is 38.9 Å². The van der Waals surface area contributed by atoms with E-state index in [0.29, 0.717) is 19.6 Å². The van der Waals surface area contributed by atoms with Crippen molar-refractivity contribution in [1.82, 2.24) is 5.32 Å². The molecule has 0 aliphatic rings. The van der Waals surface area contributed by atoms with Gasteiger partial charge in [-0.1, -0.05) is 0 Å². The number of carbonyl (C=O) groups excluding carboxylic acids is 2. The van der Waals surface area contributed by atoms with Crippen LogP contribution in [0.25, 0.3) is 0 Å². The van der Waals surface area contributed by atoms with Crippen LogP contribution in [-0.4, -0.2) is 29.0 Å². The van der Waals surface area contributed by atoms with Gasteiger partial charge < -0.3 is 0 Å². The van der Waals surface area contributed by atoms with Crippen LogP contribution in [-0.2, 0) is 38.9 Å². The van der Waals surface area contributed by atoms with Gasteiger partial charge in [-0.05, 0) is 0 Å². The number of rotatable bonds is 9.